The SMILES string of the molecule is CC(C)N1CCC(CNCc2cncs2)C1. The Kier molecular flexibility index (Phi) is 4.32. The minimum atomic E-state index is 0.700. The Labute approximate surface area is 102 Å². The molecule has 4 heteroatoms. The van der Waals surface area contributed by atoms with Gasteiger partial charge < -0.3 is 10.2 Å². The molecule has 0 aliphatic carbocycles. The van der Waals surface area contributed by atoms with E-state index in [1.807, 2.05) is 11.7 Å². The normalized spacial score (nSPS) is 22.1. The summed E-state index contributed by atoms with van der Waals surface area (Å²) in [6.07, 6.45) is 3.29. The summed E-state index contributed by atoms with van der Waals surface area (Å²) in [5, 5.41) is 3.53. The van der Waals surface area contributed by atoms with Gasteiger partial charge in [0.05, 0.1) is 5.51 Å². The van der Waals surface area contributed by atoms with Crippen LogP contribution in [0.4, 0.5) is 0 Å². The van der Waals surface area contributed by atoms with E-state index in [9.17, 15) is 0 Å². The van der Waals surface area contributed by atoms with Crippen molar-refractivity contribution in [2.24, 2.45) is 5.92 Å². The van der Waals surface area contributed by atoms with Gasteiger partial charge in [-0.05, 0) is 39.3 Å². The van der Waals surface area contributed by atoms with E-state index < -0.39 is 0 Å². The number of thiazole rings is 1. The van der Waals surface area contributed by atoms with E-state index in [2.05, 4.69) is 29.0 Å². The Morgan fingerprint density at radius 2 is 2.50 bits per heavy atom. The number of likely N-dealkylation sites (tertiary alicyclic amines) is 1. The summed E-state index contributed by atoms with van der Waals surface area (Å²) in [5.74, 6) is 0.829. The molecule has 1 saturated heterocycles. The van der Waals surface area contributed by atoms with Crippen LogP contribution in [0.15, 0.2) is 11.7 Å². The Hall–Kier alpha value is -0.450. The highest BCUT2D eigenvalue weighted by atomic mass is 32.1. The molecule has 90 valence electrons. The fourth-order valence-electron chi connectivity index (χ4n) is 2.23. The lowest BCUT2D eigenvalue weighted by molar-refractivity contribution is 0.264. The maximum absolute atomic E-state index is 4.08. The van der Waals surface area contributed by atoms with Crippen LogP contribution in [0, 0.1) is 5.92 Å². The van der Waals surface area contributed by atoms with E-state index in [-0.39, 0.29) is 0 Å². The van der Waals surface area contributed by atoms with Gasteiger partial charge in [0.2, 0.25) is 0 Å². The first-order chi connectivity index (χ1) is 7.75. The fourth-order valence-corrected chi connectivity index (χ4v) is 2.79. The zero-order valence-electron chi connectivity index (χ0n) is 10.1. The lowest BCUT2D eigenvalue weighted by Crippen LogP contribution is -2.30. The van der Waals surface area contributed by atoms with Crippen molar-refractivity contribution in [1.29, 1.82) is 0 Å². The third-order valence-corrected chi connectivity index (χ3v) is 4.04. The van der Waals surface area contributed by atoms with Crippen LogP contribution in [0.3, 0.4) is 0 Å². The molecule has 3 nitrogen and oxygen atoms in total. The van der Waals surface area contributed by atoms with Crippen LogP contribution >= 0.6 is 11.3 Å². The summed E-state index contributed by atoms with van der Waals surface area (Å²) >= 11 is 1.73. The first-order valence-corrected chi connectivity index (χ1v) is 6.96. The summed E-state index contributed by atoms with van der Waals surface area (Å²) in [6.45, 7) is 9.21. The molecule has 1 N–H and O–H groups in total. The van der Waals surface area contributed by atoms with Crippen molar-refractivity contribution in [3.8, 4) is 0 Å². The van der Waals surface area contributed by atoms with Gasteiger partial charge in [-0.25, -0.2) is 0 Å². The second-order valence-electron chi connectivity index (χ2n) is 4.84. The minimum absolute atomic E-state index is 0.700. The van der Waals surface area contributed by atoms with Gasteiger partial charge in [0, 0.05) is 30.2 Å². The maximum atomic E-state index is 4.08. The molecular weight excluding hydrogens is 218 g/mol. The van der Waals surface area contributed by atoms with Gasteiger partial charge in [-0.1, -0.05) is 0 Å². The molecular formula is C12H21N3S. The largest absolute Gasteiger partial charge is 0.311 e. The van der Waals surface area contributed by atoms with Crippen molar-refractivity contribution in [1.82, 2.24) is 15.2 Å². The van der Waals surface area contributed by atoms with Crippen molar-refractivity contribution in [3.63, 3.8) is 0 Å². The summed E-state index contributed by atoms with van der Waals surface area (Å²) in [6, 6.07) is 0.700. The molecule has 2 rings (SSSR count). The van der Waals surface area contributed by atoms with Gasteiger partial charge in [0.25, 0.3) is 0 Å². The first-order valence-electron chi connectivity index (χ1n) is 6.08. The minimum Gasteiger partial charge on any atom is -0.311 e. The molecule has 1 aromatic rings. The number of nitrogens with zero attached hydrogens (tertiary/aromatic N) is 2. The molecule has 16 heavy (non-hydrogen) atoms. The monoisotopic (exact) mass is 239 g/mol. The van der Waals surface area contributed by atoms with Gasteiger partial charge in [0.1, 0.15) is 0 Å². The molecule has 1 aromatic heterocycles. The topological polar surface area (TPSA) is 28.2 Å². The van der Waals surface area contributed by atoms with Crippen LogP contribution in [0.1, 0.15) is 25.1 Å². The Bertz CT molecular complexity index is 297. The molecule has 2 heterocycles. The average molecular weight is 239 g/mol. The summed E-state index contributed by atoms with van der Waals surface area (Å²) in [7, 11) is 0. The van der Waals surface area contributed by atoms with Gasteiger partial charge in [-0.2, -0.15) is 0 Å². The lowest BCUT2D eigenvalue weighted by atomic mass is 10.1. The van der Waals surface area contributed by atoms with Crippen LogP contribution in [0.25, 0.3) is 0 Å². The van der Waals surface area contributed by atoms with E-state index >= 15 is 0 Å². The predicted molar refractivity (Wildman–Crippen MR) is 68.6 cm³/mol. The second-order valence-corrected chi connectivity index (χ2v) is 5.81. The molecule has 1 atom stereocenters. The molecule has 1 unspecified atom stereocenters. The quantitative estimate of drug-likeness (QED) is 0.851. The third-order valence-electron chi connectivity index (χ3n) is 3.26. The lowest BCUT2D eigenvalue weighted by Gasteiger charge is -2.20. The number of aromatic nitrogens is 1. The molecule has 0 bridgehead atoms. The molecule has 0 saturated carbocycles. The van der Waals surface area contributed by atoms with Gasteiger partial charge in [-0.3, -0.25) is 4.98 Å². The number of nitrogens with one attached hydrogen (secondary N) is 1. The zero-order valence-corrected chi connectivity index (χ0v) is 11.0. The van der Waals surface area contributed by atoms with Crippen LogP contribution < -0.4 is 5.32 Å². The van der Waals surface area contributed by atoms with Crippen molar-refractivity contribution < 1.29 is 0 Å². The standard InChI is InChI=1S/C12H21N3S/c1-10(2)15-4-3-11(8-15)5-13-6-12-7-14-9-16-12/h7,9-11,13H,3-6,8H2,1-2H3. The van der Waals surface area contributed by atoms with Gasteiger partial charge >= 0.3 is 0 Å². The van der Waals surface area contributed by atoms with Gasteiger partial charge in [0.15, 0.2) is 0 Å². The van der Waals surface area contributed by atoms with Crippen LogP contribution in [0.5, 0.6) is 0 Å². The van der Waals surface area contributed by atoms with Crippen LogP contribution in [-0.4, -0.2) is 35.6 Å². The average Bonchev–Trinajstić information content (AvgIpc) is 2.87. The second kappa shape index (κ2) is 5.75. The van der Waals surface area contributed by atoms with Crippen LogP contribution in [-0.2, 0) is 6.54 Å². The number of hydrogen-bond donors (Lipinski definition) is 1. The van der Waals surface area contributed by atoms with Crippen molar-refractivity contribution in [2.75, 3.05) is 19.6 Å². The zero-order chi connectivity index (χ0) is 11.4. The van der Waals surface area contributed by atoms with E-state index in [1.54, 1.807) is 11.3 Å². The molecule has 0 radical (unpaired) electrons. The van der Waals surface area contributed by atoms with Crippen molar-refractivity contribution in [2.45, 2.75) is 32.9 Å². The van der Waals surface area contributed by atoms with E-state index in [1.165, 1.54) is 24.4 Å². The van der Waals surface area contributed by atoms with E-state index in [0.717, 1.165) is 19.0 Å². The Balaban J connectivity index is 1.64. The number of hydrogen-bond acceptors (Lipinski definition) is 4. The molecule has 0 amide bonds. The summed E-state index contributed by atoms with van der Waals surface area (Å²) < 4.78 is 0. The highest BCUT2D eigenvalue weighted by Gasteiger charge is 2.23. The molecule has 1 aliphatic heterocycles. The van der Waals surface area contributed by atoms with Crippen molar-refractivity contribution >= 4 is 11.3 Å². The smallest absolute Gasteiger partial charge is 0.0794 e. The summed E-state index contributed by atoms with van der Waals surface area (Å²) in [4.78, 5) is 7.98. The predicted octanol–water partition coefficient (Wildman–Crippen LogP) is 1.96. The highest BCUT2D eigenvalue weighted by Crippen LogP contribution is 2.17. The van der Waals surface area contributed by atoms with Gasteiger partial charge in [-0.15, -0.1) is 11.3 Å². The molecule has 1 fully saturated rings. The maximum Gasteiger partial charge on any atom is 0.0794 e. The first kappa shape index (κ1) is 12.0. The van der Waals surface area contributed by atoms with E-state index in [0.29, 0.717) is 6.04 Å². The number of rotatable bonds is 5. The molecule has 0 spiro atoms. The highest BCUT2D eigenvalue weighted by molar-refractivity contribution is 7.09. The molecule has 1 aliphatic rings. The third kappa shape index (κ3) is 3.27. The van der Waals surface area contributed by atoms with Crippen LogP contribution in [0.2, 0.25) is 0 Å². The van der Waals surface area contributed by atoms with E-state index in [4.69, 9.17) is 0 Å². The van der Waals surface area contributed by atoms with Crippen molar-refractivity contribution in [3.05, 3.63) is 16.6 Å². The Morgan fingerprint density at radius 3 is 3.12 bits per heavy atom. The molecule has 0 aromatic carbocycles. The Morgan fingerprint density at radius 1 is 1.62 bits per heavy atom. The summed E-state index contributed by atoms with van der Waals surface area (Å²) in [5.41, 5.74) is 1.90. The fraction of sp³-hybridized carbons (Fsp3) is 0.750.